The fourth-order valence-corrected chi connectivity index (χ4v) is 9.65. The van der Waals surface area contributed by atoms with Crippen LogP contribution in [0.25, 0.3) is 58.8 Å². The summed E-state index contributed by atoms with van der Waals surface area (Å²) < 4.78 is 77.8. The summed E-state index contributed by atoms with van der Waals surface area (Å²) in [6, 6.07) is 24.7. The van der Waals surface area contributed by atoms with Gasteiger partial charge in [-0.15, -0.1) is 6.58 Å². The van der Waals surface area contributed by atoms with Crippen LogP contribution in [-0.4, -0.2) is 89.4 Å². The predicted molar refractivity (Wildman–Crippen MR) is 384 cm³/mol. The van der Waals surface area contributed by atoms with Crippen molar-refractivity contribution in [2.24, 2.45) is 0 Å². The number of ether oxygens (including phenoxy) is 2. The molecule has 0 atom stereocenters. The number of halogens is 5. The molecular weight excluding hydrogens is 1430 g/mol. The third kappa shape index (κ3) is 20.2. The predicted octanol–water partition coefficient (Wildman–Crippen LogP) is 12.7. The Labute approximate surface area is 625 Å². The van der Waals surface area contributed by atoms with Crippen molar-refractivity contribution in [1.82, 2.24) is 18.3 Å². The molecule has 4 aromatic carbocycles. The second-order valence-electron chi connectivity index (χ2n) is 22.9. The number of aromatic nitrogens is 4. The Balaban J connectivity index is 0.000000340. The van der Waals surface area contributed by atoms with Crippen LogP contribution < -0.4 is 51.8 Å². The normalized spacial score (nSPS) is 11.7. The fourth-order valence-electron chi connectivity index (χ4n) is 9.16. The van der Waals surface area contributed by atoms with Gasteiger partial charge in [0.15, 0.2) is 0 Å². The van der Waals surface area contributed by atoms with Crippen molar-refractivity contribution >= 4 is 86.9 Å². The summed E-state index contributed by atoms with van der Waals surface area (Å²) in [4.78, 5) is 110. The van der Waals surface area contributed by atoms with Gasteiger partial charge in [0.05, 0.1) is 24.4 Å². The molecule has 0 amide bonds. The van der Waals surface area contributed by atoms with Gasteiger partial charge in [-0.3, -0.25) is 0 Å². The van der Waals surface area contributed by atoms with Crippen molar-refractivity contribution < 1.29 is 101 Å². The van der Waals surface area contributed by atoms with Gasteiger partial charge in [0, 0.05) is 21.2 Å². The van der Waals surface area contributed by atoms with Crippen molar-refractivity contribution in [2.75, 3.05) is 13.2 Å². The van der Waals surface area contributed by atoms with E-state index >= 15 is 0 Å². The number of allylic oxidation sites excluding steroid dienone is 4. The summed E-state index contributed by atoms with van der Waals surface area (Å²) in [5.74, 6) is -6.44. The first-order chi connectivity index (χ1) is 47.9. The van der Waals surface area contributed by atoms with E-state index in [-0.39, 0.29) is 139 Å². The zero-order chi connectivity index (χ0) is 76.6. The summed E-state index contributed by atoms with van der Waals surface area (Å²) in [5.41, 5.74) is -0.736. The van der Waals surface area contributed by atoms with E-state index in [1.165, 1.54) is 84.9 Å². The van der Waals surface area contributed by atoms with Gasteiger partial charge in [0.1, 0.15) is 68.3 Å². The Morgan fingerprint density at radius 1 is 0.462 bits per heavy atom. The zero-order valence-electron chi connectivity index (χ0n) is 58.1. The van der Waals surface area contributed by atoms with Gasteiger partial charge >= 0.3 is 82.8 Å². The van der Waals surface area contributed by atoms with Crippen LogP contribution in [-0.2, 0) is 18.8 Å². The van der Waals surface area contributed by atoms with Gasteiger partial charge in [0.2, 0.25) is 17.5 Å². The van der Waals surface area contributed by atoms with Gasteiger partial charge in [0.25, 0.3) is 5.82 Å². The topological polar surface area (TPSA) is 281 Å². The molecule has 23 nitrogen and oxygen atoms in total. The Kier molecular flexibility index (Phi) is 31.3. The minimum Gasteiger partial charge on any atom is -0.870 e. The standard InChI is InChI=1S/C18H15FN2O3.2C16H11FN2O3.C15H10BrFN2O3.C9H17BO2.Na.H2O/c1-5-24-18(23)15-10-14(11(2)3)16(20-4)21(17(15)22)13-8-6-12(19)7-9-13;2*1-9(2)12-8-13(16(21)22)15(20)19(14(12)18-3)11-6-4-10(17)5-7-11;1-3-22-15(21)11-8-12(16)13(18-2)19(14(11)20)10-6-4-9(17)5-7-10;1-7(2)10-11-8(3,4)9(5,6)12-10;;/h6-10H,2,5H2,1,3H3;2*4-8H,1H2,2H3,(H,21,22);4-8H,3H2,1H3;1H2,2-6H3;;1H2/q;;;;;+1;/p-1. The largest absolute Gasteiger partial charge is 1.00 e. The van der Waals surface area contributed by atoms with Crippen molar-refractivity contribution in [3.05, 3.63) is 307 Å². The summed E-state index contributed by atoms with van der Waals surface area (Å²) >= 11 is 3.17. The Hall–Kier alpha value is -11.4. The minimum atomic E-state index is -1.40. The monoisotopic (exact) mass is 1490 g/mol. The molecule has 9 rings (SSSR count). The van der Waals surface area contributed by atoms with E-state index in [1.54, 1.807) is 34.6 Å². The van der Waals surface area contributed by atoms with Crippen LogP contribution in [0.3, 0.4) is 0 Å². The third-order valence-electron chi connectivity index (χ3n) is 14.9. The number of benzene rings is 4. The van der Waals surface area contributed by atoms with Gasteiger partial charge in [-0.25, -0.2) is 74.2 Å². The van der Waals surface area contributed by atoms with E-state index in [0.717, 1.165) is 60.1 Å². The molecule has 1 saturated heterocycles. The summed E-state index contributed by atoms with van der Waals surface area (Å²) in [7, 11) is -0.241. The average Bonchev–Trinajstić information content (AvgIpc) is 0.815. The van der Waals surface area contributed by atoms with Crippen LogP contribution in [0, 0.1) is 49.6 Å². The number of pyridine rings is 4. The van der Waals surface area contributed by atoms with Gasteiger partial charge in [-0.05, 0) is 191 Å². The maximum absolute atomic E-state index is 13.2. The molecule has 0 bridgehead atoms. The number of carboxylic acids is 2. The Morgan fingerprint density at radius 3 is 0.904 bits per heavy atom. The second kappa shape index (κ2) is 37.5. The van der Waals surface area contributed by atoms with Gasteiger partial charge in [-0.1, -0.05) is 84.1 Å². The van der Waals surface area contributed by atoms with Crippen LogP contribution >= 0.6 is 15.9 Å². The first-order valence-corrected chi connectivity index (χ1v) is 30.9. The van der Waals surface area contributed by atoms with E-state index in [0.29, 0.717) is 22.3 Å². The van der Waals surface area contributed by atoms with Gasteiger partial charge < -0.3 is 53.9 Å². The van der Waals surface area contributed by atoms with E-state index in [9.17, 15) is 66.1 Å². The molecule has 0 unspecified atom stereocenters. The number of hydrogen-bond donors (Lipinski definition) is 2. The molecule has 0 radical (unpaired) electrons. The summed E-state index contributed by atoms with van der Waals surface area (Å²) in [6.07, 6.45) is 0. The first-order valence-electron chi connectivity index (χ1n) is 30.1. The molecule has 0 saturated carbocycles. The van der Waals surface area contributed by atoms with Crippen molar-refractivity contribution in [3.8, 4) is 22.7 Å². The molecule has 1 aliphatic rings. The number of rotatable bonds is 14. The van der Waals surface area contributed by atoms with Crippen LogP contribution in [0.5, 0.6) is 0 Å². The third-order valence-corrected chi connectivity index (χ3v) is 15.5. The molecule has 4 aromatic heterocycles. The molecule has 30 heteroatoms. The smallest absolute Gasteiger partial charge is 0.870 e. The number of carboxylic acid groups (broad SMARTS) is 2. The zero-order valence-corrected chi connectivity index (χ0v) is 61.7. The molecule has 0 aliphatic carbocycles. The fraction of sp³-hybridized carbons (Fsp3) is 0.189. The number of carbonyl (C=O) groups is 4. The summed E-state index contributed by atoms with van der Waals surface area (Å²) in [5, 5.41) is 18.3. The number of esters is 2. The van der Waals surface area contributed by atoms with Crippen LogP contribution in [0.15, 0.2) is 177 Å². The molecule has 0 spiro atoms. The summed E-state index contributed by atoms with van der Waals surface area (Å²) in [6.45, 7) is 62.6. The van der Waals surface area contributed by atoms with E-state index in [4.69, 9.17) is 45.1 Å². The quantitative estimate of drug-likeness (QED) is 0.0443. The van der Waals surface area contributed by atoms with E-state index in [2.05, 4.69) is 61.6 Å². The van der Waals surface area contributed by atoms with Gasteiger partial charge in [-0.2, -0.15) is 0 Å². The molecule has 104 heavy (non-hydrogen) atoms. The second-order valence-corrected chi connectivity index (χ2v) is 23.7. The maximum Gasteiger partial charge on any atom is 1.00 e. The number of hydrogen-bond acceptors (Lipinski definition) is 13. The Morgan fingerprint density at radius 2 is 0.692 bits per heavy atom. The minimum absolute atomic E-state index is 0. The number of aromatic carboxylic acids is 2. The number of carbonyl (C=O) groups excluding carboxylic acids is 2. The van der Waals surface area contributed by atoms with Crippen LogP contribution in [0.1, 0.15) is 127 Å². The molecule has 530 valence electrons. The van der Waals surface area contributed by atoms with E-state index in [1.807, 2.05) is 34.6 Å². The van der Waals surface area contributed by atoms with Crippen molar-refractivity contribution in [3.63, 3.8) is 0 Å². The van der Waals surface area contributed by atoms with Crippen LogP contribution in [0.4, 0.5) is 40.8 Å². The van der Waals surface area contributed by atoms with E-state index < -0.39 is 80.5 Å². The van der Waals surface area contributed by atoms with Crippen molar-refractivity contribution in [1.29, 1.82) is 0 Å². The van der Waals surface area contributed by atoms with Crippen LogP contribution in [0.2, 0.25) is 0 Å². The maximum atomic E-state index is 13.2. The first kappa shape index (κ1) is 86.8. The molecule has 1 aliphatic heterocycles. The molecule has 1 fully saturated rings. The number of nitrogens with zero attached hydrogens (tertiary/aromatic N) is 8. The molecular formula is C74H65BBrF4N8NaO15. The SMILES string of the molecule is C=C(C)B1OC(C)(C)C(C)(C)O1.[C-]#[N+]c1c(Br)cc(C(=O)OCC)c(=O)n1-c1ccc(F)cc1.[C-]#[N+]c1c(C(=C)C)cc(C(=O)O)c(=O)n1-c1ccc(F)cc1.[C-]#[N+]c1c(C(=C)C)cc(C(=O)O)c(=O)n1-c1ccc(F)cc1.[C-]#[N+]c1c(C(=C)C)cc(C(=O)OCC)c(=O)n1-c1ccc(F)cc1.[Na+].[OH-]. The molecule has 3 N–H and O–H groups in total. The molecule has 8 aromatic rings. The molecule has 5 heterocycles. The van der Waals surface area contributed by atoms with Crippen molar-refractivity contribution in [2.45, 2.75) is 80.4 Å². The average molecular weight is 1500 g/mol. The Bertz CT molecular complexity index is 4960.